The third-order valence-electron chi connectivity index (χ3n) is 11.6. The van der Waals surface area contributed by atoms with Crippen molar-refractivity contribution in [2.24, 2.45) is 5.73 Å². The molecule has 2 unspecified atom stereocenters. The van der Waals surface area contributed by atoms with Crippen LogP contribution in [0.2, 0.25) is 0 Å². The van der Waals surface area contributed by atoms with Crippen molar-refractivity contribution in [3.8, 4) is 0 Å². The molecule has 0 amide bonds. The van der Waals surface area contributed by atoms with Gasteiger partial charge in [-0.05, 0) is 128 Å². The topological polar surface area (TPSA) is 134 Å². The third kappa shape index (κ3) is 60.5. The number of ether oxygens (including phenoxy) is 2. The zero-order valence-corrected chi connectivity index (χ0v) is 49.0. The average molecular weight is 1080 g/mol. The molecule has 0 heterocycles. The van der Waals surface area contributed by atoms with E-state index in [1.165, 1.54) is 25.7 Å². The Morgan fingerprint density at radius 1 is 0.390 bits per heavy atom. The van der Waals surface area contributed by atoms with Gasteiger partial charge < -0.3 is 20.1 Å². The summed E-state index contributed by atoms with van der Waals surface area (Å²) in [5, 5.41) is 0. The predicted octanol–water partition coefficient (Wildman–Crippen LogP) is 19.1. The van der Waals surface area contributed by atoms with Crippen molar-refractivity contribution in [1.82, 2.24) is 0 Å². The highest BCUT2D eigenvalue weighted by molar-refractivity contribution is 7.47. The summed E-state index contributed by atoms with van der Waals surface area (Å²) >= 11 is 0. The van der Waals surface area contributed by atoms with Crippen LogP contribution in [0.1, 0.15) is 206 Å². The molecule has 0 bridgehead atoms. The van der Waals surface area contributed by atoms with E-state index in [1.807, 2.05) is 0 Å². The molecule has 0 aliphatic carbocycles. The largest absolute Gasteiger partial charge is 0.472 e. The quantitative estimate of drug-likeness (QED) is 0.0264. The van der Waals surface area contributed by atoms with E-state index in [-0.39, 0.29) is 32.6 Å². The molecule has 3 N–H and O–H groups in total. The summed E-state index contributed by atoms with van der Waals surface area (Å²) in [5.41, 5.74) is 5.38. The van der Waals surface area contributed by atoms with Gasteiger partial charge >= 0.3 is 19.8 Å². The Kier molecular flexibility index (Phi) is 57.0. The van der Waals surface area contributed by atoms with Crippen molar-refractivity contribution in [3.05, 3.63) is 170 Å². The van der Waals surface area contributed by atoms with Crippen molar-refractivity contribution in [1.29, 1.82) is 0 Å². The number of rotatable bonds is 53. The van der Waals surface area contributed by atoms with Crippen molar-refractivity contribution < 1.29 is 37.6 Å². The van der Waals surface area contributed by atoms with Crippen LogP contribution in [0.15, 0.2) is 170 Å². The highest BCUT2D eigenvalue weighted by atomic mass is 31.2. The standard InChI is InChI=1S/C67H106NO8P/c1-3-5-7-9-11-13-15-17-19-21-23-25-26-27-28-29-30-31-32-33-34-35-36-37-38-40-42-44-46-48-50-52-54-56-58-60-67(70)76-65(64-75-77(71,72)74-62-61-68)63-73-66(69)59-57-55-53-51-49-47-45-43-41-39-24-22-20-18-16-14-12-10-8-6-4-2/h5-8,11-14,17-20,23-25,27-28,30-31,33-34,36-37,39-40,42,46,48,65H,3-4,9-10,15-16,21-22,26,29,32,35,38,41,43-45,47,49-64,68H2,1-2H3,(H,71,72)/b7-5-,8-6-,13-11-,14-12-,19-17-,20-18-,25-23-,28-27-,31-30-,34-33-,37-36-,39-24-,42-40-,48-46-. The molecule has 0 radical (unpaired) electrons. The fourth-order valence-corrected chi connectivity index (χ4v) is 8.07. The first-order chi connectivity index (χ1) is 37.8. The molecule has 0 saturated heterocycles. The van der Waals surface area contributed by atoms with Gasteiger partial charge in [-0.3, -0.25) is 18.6 Å². The summed E-state index contributed by atoms with van der Waals surface area (Å²) in [7, 11) is -4.41. The zero-order valence-electron chi connectivity index (χ0n) is 48.1. The lowest BCUT2D eigenvalue weighted by molar-refractivity contribution is -0.161. The summed E-state index contributed by atoms with van der Waals surface area (Å²) in [4.78, 5) is 35.2. The van der Waals surface area contributed by atoms with Crippen LogP contribution in [0.3, 0.4) is 0 Å². The lowest BCUT2D eigenvalue weighted by Crippen LogP contribution is -2.29. The number of phosphoric ester groups is 1. The number of carbonyl (C=O) groups is 2. The van der Waals surface area contributed by atoms with Gasteiger partial charge in [0, 0.05) is 19.4 Å². The Bertz CT molecular complexity index is 1860. The maximum atomic E-state index is 12.7. The van der Waals surface area contributed by atoms with Gasteiger partial charge in [0.05, 0.1) is 13.2 Å². The van der Waals surface area contributed by atoms with Gasteiger partial charge in [0.2, 0.25) is 0 Å². The summed E-state index contributed by atoms with van der Waals surface area (Å²) in [5.74, 6) is -0.881. The van der Waals surface area contributed by atoms with Gasteiger partial charge in [0.15, 0.2) is 6.10 Å². The molecule has 0 aromatic heterocycles. The molecule has 0 aromatic rings. The number of nitrogens with two attached hydrogens (primary N) is 1. The highest BCUT2D eigenvalue weighted by Gasteiger charge is 2.26. The number of allylic oxidation sites excluding steroid dienone is 28. The molecule has 0 aromatic carbocycles. The van der Waals surface area contributed by atoms with E-state index in [4.69, 9.17) is 24.3 Å². The van der Waals surface area contributed by atoms with Crippen LogP contribution in [0.4, 0.5) is 0 Å². The van der Waals surface area contributed by atoms with E-state index >= 15 is 0 Å². The first kappa shape index (κ1) is 72.4. The summed E-state index contributed by atoms with van der Waals surface area (Å²) < 4.78 is 33.0. The Hall–Kier alpha value is -4.63. The zero-order chi connectivity index (χ0) is 55.9. The van der Waals surface area contributed by atoms with Gasteiger partial charge in [0.1, 0.15) is 6.61 Å². The number of hydrogen-bond donors (Lipinski definition) is 2. The summed E-state index contributed by atoms with van der Waals surface area (Å²) in [6, 6.07) is 0. The maximum Gasteiger partial charge on any atom is 0.472 e. The molecule has 0 aliphatic rings. The SMILES string of the molecule is CC/C=C\C/C=C\C/C=C\C/C=C\C/C=C\C/C=C\C/C=C\C/C=C\C/C=C\C/C=C\CCCCCCC(=O)OC(COC(=O)CCCCCCCCCC/C=C\C/C=C\C/C=C\C/C=C\CC)COP(=O)(O)OCCN. The van der Waals surface area contributed by atoms with E-state index in [9.17, 15) is 19.0 Å². The Morgan fingerprint density at radius 2 is 0.675 bits per heavy atom. The Morgan fingerprint density at radius 3 is 1.00 bits per heavy atom. The summed E-state index contributed by atoms with van der Waals surface area (Å²) in [6.07, 6.45) is 89.7. The molecule has 0 spiro atoms. The first-order valence-corrected chi connectivity index (χ1v) is 31.1. The predicted molar refractivity (Wildman–Crippen MR) is 329 cm³/mol. The molecule has 0 rings (SSSR count). The molecule has 9 nitrogen and oxygen atoms in total. The van der Waals surface area contributed by atoms with Crippen LogP contribution in [-0.2, 0) is 32.7 Å². The summed E-state index contributed by atoms with van der Waals surface area (Å²) in [6.45, 7) is 3.45. The van der Waals surface area contributed by atoms with Crippen molar-refractivity contribution >= 4 is 19.8 Å². The Labute approximate surface area is 470 Å². The van der Waals surface area contributed by atoms with E-state index in [0.29, 0.717) is 12.8 Å². The molecular formula is C67H106NO8P. The smallest absolute Gasteiger partial charge is 0.462 e. The van der Waals surface area contributed by atoms with Crippen molar-refractivity contribution in [3.63, 3.8) is 0 Å². The van der Waals surface area contributed by atoms with E-state index in [2.05, 4.69) is 184 Å². The number of esters is 2. The van der Waals surface area contributed by atoms with Gasteiger partial charge in [0.25, 0.3) is 0 Å². The molecule has 0 aliphatic heterocycles. The Balaban J connectivity index is 4.12. The number of unbranched alkanes of at least 4 members (excludes halogenated alkanes) is 12. The molecule has 2 atom stereocenters. The van der Waals surface area contributed by atoms with E-state index < -0.39 is 32.5 Å². The molecular weight excluding hydrogens is 978 g/mol. The number of phosphoric acid groups is 1. The fraction of sp³-hybridized carbons (Fsp3) is 0.552. The maximum absolute atomic E-state index is 12.7. The van der Waals surface area contributed by atoms with E-state index in [1.54, 1.807) is 0 Å². The van der Waals surface area contributed by atoms with Crippen LogP contribution >= 0.6 is 7.82 Å². The van der Waals surface area contributed by atoms with Crippen molar-refractivity contribution in [2.45, 2.75) is 213 Å². The monoisotopic (exact) mass is 1080 g/mol. The molecule has 77 heavy (non-hydrogen) atoms. The number of hydrogen-bond acceptors (Lipinski definition) is 8. The lowest BCUT2D eigenvalue weighted by Gasteiger charge is -2.19. The average Bonchev–Trinajstić information content (AvgIpc) is 3.42. The number of carbonyl (C=O) groups excluding carboxylic acids is 2. The van der Waals surface area contributed by atoms with Crippen LogP contribution in [0.5, 0.6) is 0 Å². The minimum atomic E-state index is -4.41. The first-order valence-electron chi connectivity index (χ1n) is 29.6. The highest BCUT2D eigenvalue weighted by Crippen LogP contribution is 2.43. The lowest BCUT2D eigenvalue weighted by atomic mass is 10.1. The normalized spacial score (nSPS) is 14.3. The molecule has 0 fully saturated rings. The van der Waals surface area contributed by atoms with Gasteiger partial charge in [-0.2, -0.15) is 0 Å². The second kappa shape index (κ2) is 60.6. The van der Waals surface area contributed by atoms with Crippen LogP contribution in [0, 0.1) is 0 Å². The van der Waals surface area contributed by atoms with Gasteiger partial charge in [-0.25, -0.2) is 4.57 Å². The van der Waals surface area contributed by atoms with Gasteiger partial charge in [-0.1, -0.05) is 235 Å². The third-order valence-corrected chi connectivity index (χ3v) is 12.6. The second-order valence-corrected chi connectivity index (χ2v) is 20.2. The molecule has 10 heteroatoms. The van der Waals surface area contributed by atoms with Crippen molar-refractivity contribution in [2.75, 3.05) is 26.4 Å². The fourth-order valence-electron chi connectivity index (χ4n) is 7.30. The molecule has 0 saturated carbocycles. The van der Waals surface area contributed by atoms with Gasteiger partial charge in [-0.15, -0.1) is 0 Å². The second-order valence-electron chi connectivity index (χ2n) is 18.7. The van der Waals surface area contributed by atoms with Crippen LogP contribution in [-0.4, -0.2) is 49.3 Å². The van der Waals surface area contributed by atoms with E-state index in [0.717, 1.165) is 141 Å². The minimum absolute atomic E-state index is 0.0378. The minimum Gasteiger partial charge on any atom is -0.462 e. The van der Waals surface area contributed by atoms with Crippen LogP contribution < -0.4 is 5.73 Å². The molecule has 432 valence electrons. The van der Waals surface area contributed by atoms with Crippen LogP contribution in [0.25, 0.3) is 0 Å².